The number of hydrogen-bond acceptors (Lipinski definition) is 1. The second-order valence-electron chi connectivity index (χ2n) is 6.09. The van der Waals surface area contributed by atoms with Gasteiger partial charge in [0, 0.05) is 10.7 Å². The fraction of sp³-hybridized carbons (Fsp3) is 0.588. The average Bonchev–Trinajstić information content (AvgIpc) is 2.66. The molecule has 2 unspecified atom stereocenters. The summed E-state index contributed by atoms with van der Waals surface area (Å²) in [5.74, 6) is 0.489. The molecule has 2 atom stereocenters. The van der Waals surface area contributed by atoms with Crippen LogP contribution < -0.4 is 5.32 Å². The molecule has 0 aliphatic heterocycles. The zero-order valence-electron chi connectivity index (χ0n) is 11.8. The van der Waals surface area contributed by atoms with Crippen LogP contribution in [0.15, 0.2) is 24.3 Å². The molecule has 1 aromatic rings. The van der Waals surface area contributed by atoms with E-state index < -0.39 is 0 Å². The van der Waals surface area contributed by atoms with Crippen LogP contribution in [0.5, 0.6) is 0 Å². The van der Waals surface area contributed by atoms with Crippen molar-refractivity contribution in [2.75, 3.05) is 0 Å². The first-order chi connectivity index (χ1) is 9.75. The van der Waals surface area contributed by atoms with E-state index in [4.69, 9.17) is 0 Å². The minimum Gasteiger partial charge on any atom is -0.348 e. The molecule has 1 aromatic carbocycles. The summed E-state index contributed by atoms with van der Waals surface area (Å²) in [6.07, 6.45) is 8.12. The van der Waals surface area contributed by atoms with Gasteiger partial charge >= 0.3 is 0 Å². The van der Waals surface area contributed by atoms with Gasteiger partial charge in [-0.25, -0.2) is 0 Å². The lowest BCUT2D eigenvalue weighted by Gasteiger charge is -2.21. The Kier molecular flexibility index (Phi) is 4.45. The standard InChI is InChI=1S/C17H22BrNO/c18-15-11-13-9-5-6-10-14(13)16(15)19-17(20)12-7-3-1-2-4-8-12/h5-6,9-10,12,15-16H,1-4,7-8,11H2,(H,19,20). The summed E-state index contributed by atoms with van der Waals surface area (Å²) in [5.41, 5.74) is 2.65. The predicted molar refractivity (Wildman–Crippen MR) is 84.9 cm³/mol. The van der Waals surface area contributed by atoms with Crippen LogP contribution in [0.1, 0.15) is 55.7 Å². The first-order valence-electron chi connectivity index (χ1n) is 7.78. The van der Waals surface area contributed by atoms with Gasteiger partial charge in [0.25, 0.3) is 0 Å². The van der Waals surface area contributed by atoms with Crippen LogP contribution in [-0.4, -0.2) is 10.7 Å². The van der Waals surface area contributed by atoms with Crippen molar-refractivity contribution in [2.45, 2.75) is 55.8 Å². The lowest BCUT2D eigenvalue weighted by Crippen LogP contribution is -2.36. The Morgan fingerprint density at radius 3 is 2.55 bits per heavy atom. The molecule has 2 aliphatic rings. The number of carbonyl (C=O) groups excluding carboxylic acids is 1. The van der Waals surface area contributed by atoms with E-state index in [1.54, 1.807) is 0 Å². The molecule has 0 heterocycles. The highest BCUT2D eigenvalue weighted by molar-refractivity contribution is 9.09. The second-order valence-corrected chi connectivity index (χ2v) is 7.27. The van der Waals surface area contributed by atoms with E-state index in [0.717, 1.165) is 19.3 Å². The van der Waals surface area contributed by atoms with Crippen molar-refractivity contribution in [3.63, 3.8) is 0 Å². The zero-order chi connectivity index (χ0) is 13.9. The van der Waals surface area contributed by atoms with Crippen LogP contribution in [-0.2, 0) is 11.2 Å². The normalized spacial score (nSPS) is 26.9. The number of amides is 1. The summed E-state index contributed by atoms with van der Waals surface area (Å²) in [4.78, 5) is 12.9. The van der Waals surface area contributed by atoms with Gasteiger partial charge < -0.3 is 5.32 Å². The van der Waals surface area contributed by atoms with Crippen molar-refractivity contribution in [1.82, 2.24) is 5.32 Å². The molecule has 108 valence electrons. The number of hydrogen-bond donors (Lipinski definition) is 1. The third-order valence-electron chi connectivity index (χ3n) is 4.69. The van der Waals surface area contributed by atoms with E-state index >= 15 is 0 Å². The highest BCUT2D eigenvalue weighted by Gasteiger charge is 2.33. The molecule has 2 aliphatic carbocycles. The quantitative estimate of drug-likeness (QED) is 0.638. The minimum absolute atomic E-state index is 0.141. The van der Waals surface area contributed by atoms with Crippen molar-refractivity contribution in [3.05, 3.63) is 35.4 Å². The molecule has 1 saturated carbocycles. The van der Waals surface area contributed by atoms with Gasteiger partial charge in [0.15, 0.2) is 0 Å². The molecule has 1 N–H and O–H groups in total. The van der Waals surface area contributed by atoms with Gasteiger partial charge in [-0.15, -0.1) is 0 Å². The number of halogens is 1. The Hall–Kier alpha value is -0.830. The van der Waals surface area contributed by atoms with Crippen LogP contribution >= 0.6 is 15.9 Å². The molecule has 1 fully saturated rings. The largest absolute Gasteiger partial charge is 0.348 e. The van der Waals surface area contributed by atoms with Crippen molar-refractivity contribution in [1.29, 1.82) is 0 Å². The van der Waals surface area contributed by atoms with E-state index in [-0.39, 0.29) is 17.9 Å². The third kappa shape index (κ3) is 2.93. The Labute approximate surface area is 129 Å². The third-order valence-corrected chi connectivity index (χ3v) is 5.54. The summed E-state index contributed by atoms with van der Waals surface area (Å²) in [6, 6.07) is 8.60. The summed E-state index contributed by atoms with van der Waals surface area (Å²) in [7, 11) is 0. The first-order valence-corrected chi connectivity index (χ1v) is 8.69. The molecule has 20 heavy (non-hydrogen) atoms. The fourth-order valence-electron chi connectivity index (χ4n) is 3.53. The van der Waals surface area contributed by atoms with Gasteiger partial charge in [-0.1, -0.05) is 65.9 Å². The highest BCUT2D eigenvalue weighted by atomic mass is 79.9. The number of alkyl halides is 1. The molecule has 1 amide bonds. The van der Waals surface area contributed by atoms with Gasteiger partial charge in [0.2, 0.25) is 5.91 Å². The second kappa shape index (κ2) is 6.30. The van der Waals surface area contributed by atoms with Gasteiger partial charge in [0.05, 0.1) is 6.04 Å². The smallest absolute Gasteiger partial charge is 0.223 e. The summed E-state index contributed by atoms with van der Waals surface area (Å²) < 4.78 is 0. The number of nitrogens with one attached hydrogen (secondary N) is 1. The SMILES string of the molecule is O=C(NC1c2ccccc2CC1Br)C1CCCCCC1. The number of rotatable bonds is 2. The number of carbonyl (C=O) groups is 1. The number of fused-ring (bicyclic) bond motifs is 1. The molecule has 3 rings (SSSR count). The lowest BCUT2D eigenvalue weighted by atomic mass is 9.98. The van der Waals surface area contributed by atoms with Crippen LogP contribution in [0, 0.1) is 5.92 Å². The van der Waals surface area contributed by atoms with Crippen LogP contribution in [0.4, 0.5) is 0 Å². The monoisotopic (exact) mass is 335 g/mol. The topological polar surface area (TPSA) is 29.1 Å². The predicted octanol–water partition coefficient (Wildman–Crippen LogP) is 4.13. The van der Waals surface area contributed by atoms with Crippen molar-refractivity contribution in [2.24, 2.45) is 5.92 Å². The summed E-state index contributed by atoms with van der Waals surface area (Å²) in [6.45, 7) is 0. The lowest BCUT2D eigenvalue weighted by molar-refractivity contribution is -0.126. The maximum absolute atomic E-state index is 12.5. The molecule has 3 heteroatoms. The average molecular weight is 336 g/mol. The van der Waals surface area contributed by atoms with Crippen molar-refractivity contribution in [3.8, 4) is 0 Å². The molecule has 0 aromatic heterocycles. The molecule has 0 spiro atoms. The first kappa shape index (κ1) is 14.1. The van der Waals surface area contributed by atoms with E-state index in [0.29, 0.717) is 4.83 Å². The van der Waals surface area contributed by atoms with Crippen LogP contribution in [0.3, 0.4) is 0 Å². The van der Waals surface area contributed by atoms with E-state index in [2.05, 4.69) is 45.5 Å². The summed E-state index contributed by atoms with van der Waals surface area (Å²) >= 11 is 3.74. The molecule has 0 radical (unpaired) electrons. The Balaban J connectivity index is 1.69. The van der Waals surface area contributed by atoms with E-state index in [1.165, 1.54) is 36.8 Å². The van der Waals surface area contributed by atoms with Crippen LogP contribution in [0.2, 0.25) is 0 Å². The van der Waals surface area contributed by atoms with E-state index in [1.807, 2.05) is 0 Å². The molecule has 0 saturated heterocycles. The van der Waals surface area contributed by atoms with Crippen molar-refractivity contribution < 1.29 is 4.79 Å². The molecule has 0 bridgehead atoms. The van der Waals surface area contributed by atoms with Crippen LogP contribution in [0.25, 0.3) is 0 Å². The maximum Gasteiger partial charge on any atom is 0.223 e. The molecule has 2 nitrogen and oxygen atoms in total. The molecular formula is C17H22BrNO. The Bertz CT molecular complexity index is 480. The highest BCUT2D eigenvalue weighted by Crippen LogP contribution is 2.36. The van der Waals surface area contributed by atoms with E-state index in [9.17, 15) is 4.79 Å². The minimum atomic E-state index is 0.141. The maximum atomic E-state index is 12.5. The van der Waals surface area contributed by atoms with Gasteiger partial charge in [0.1, 0.15) is 0 Å². The van der Waals surface area contributed by atoms with Gasteiger partial charge in [-0.2, -0.15) is 0 Å². The molecular weight excluding hydrogens is 314 g/mol. The Morgan fingerprint density at radius 1 is 1.10 bits per heavy atom. The number of benzene rings is 1. The fourth-order valence-corrected chi connectivity index (χ4v) is 4.29. The Morgan fingerprint density at radius 2 is 1.80 bits per heavy atom. The van der Waals surface area contributed by atoms with Gasteiger partial charge in [-0.3, -0.25) is 4.79 Å². The van der Waals surface area contributed by atoms with Crippen molar-refractivity contribution >= 4 is 21.8 Å². The van der Waals surface area contributed by atoms with Gasteiger partial charge in [-0.05, 0) is 30.4 Å². The zero-order valence-corrected chi connectivity index (χ0v) is 13.4. The summed E-state index contributed by atoms with van der Waals surface area (Å²) in [5, 5.41) is 3.30.